The van der Waals surface area contributed by atoms with E-state index in [0.29, 0.717) is 18.6 Å². The van der Waals surface area contributed by atoms with Crippen LogP contribution in [-0.4, -0.2) is 31.1 Å². The van der Waals surface area contributed by atoms with Crippen molar-refractivity contribution >= 4 is 11.9 Å². The smallest absolute Gasteiger partial charge is 0.323 e. The van der Waals surface area contributed by atoms with Gasteiger partial charge in [-0.15, -0.1) is 0 Å². The average Bonchev–Trinajstić information content (AvgIpc) is 2.93. The molecule has 6 heteroatoms. The second-order valence-electron chi connectivity index (χ2n) is 8.78. The number of hydrogen-bond donors (Lipinski definition) is 1. The lowest BCUT2D eigenvalue weighted by atomic mass is 10.0. The molecule has 0 aromatic heterocycles. The van der Waals surface area contributed by atoms with Crippen molar-refractivity contribution < 1.29 is 23.8 Å². The van der Waals surface area contributed by atoms with Crippen LogP contribution in [0.1, 0.15) is 45.2 Å². The lowest BCUT2D eigenvalue weighted by Gasteiger charge is -2.24. The van der Waals surface area contributed by atoms with Crippen LogP contribution in [0.25, 0.3) is 0 Å². The zero-order valence-corrected chi connectivity index (χ0v) is 22.5. The summed E-state index contributed by atoms with van der Waals surface area (Å²) in [6.07, 6.45) is 0.893. The summed E-state index contributed by atoms with van der Waals surface area (Å²) < 4.78 is 16.4. The molecular weight excluding hydrogens is 466 g/mol. The van der Waals surface area contributed by atoms with Crippen LogP contribution in [0.15, 0.2) is 84.9 Å². The molecule has 0 saturated carbocycles. The maximum absolute atomic E-state index is 12.9. The number of carbonyl (C=O) groups is 2. The molecule has 0 fully saturated rings. The predicted octanol–water partition coefficient (Wildman–Crippen LogP) is 6.34. The summed E-state index contributed by atoms with van der Waals surface area (Å²) >= 11 is 0. The number of methoxy groups -OCH3 is 1. The molecule has 6 nitrogen and oxygen atoms in total. The first-order valence-corrected chi connectivity index (χ1v) is 12.8. The van der Waals surface area contributed by atoms with Gasteiger partial charge in [0.25, 0.3) is 0 Å². The number of rotatable bonds is 12. The van der Waals surface area contributed by atoms with Crippen molar-refractivity contribution in [3.63, 3.8) is 0 Å². The number of nitrogens with one attached hydrogen (secondary N) is 1. The average molecular weight is 506 g/mol. The summed E-state index contributed by atoms with van der Waals surface area (Å²) in [7, 11) is 1.35. The highest BCUT2D eigenvalue weighted by Gasteiger charge is 2.29. The Hall–Kier alpha value is -3.64. The molecule has 1 N–H and O–H groups in total. The van der Waals surface area contributed by atoms with E-state index < -0.39 is 18.1 Å². The number of carbonyl (C=O) groups excluding carboxylic acids is 2. The number of ether oxygens (including phenoxy) is 3. The Balaban J connectivity index is 0.00000235. The van der Waals surface area contributed by atoms with Crippen molar-refractivity contribution in [3.8, 4) is 11.5 Å². The van der Waals surface area contributed by atoms with Crippen LogP contribution >= 0.6 is 0 Å². The van der Waals surface area contributed by atoms with Crippen LogP contribution in [0.4, 0.5) is 0 Å². The van der Waals surface area contributed by atoms with E-state index in [1.165, 1.54) is 7.11 Å². The zero-order chi connectivity index (χ0) is 27.0. The highest BCUT2D eigenvalue weighted by Crippen LogP contribution is 2.22. The van der Waals surface area contributed by atoms with Crippen LogP contribution < -0.4 is 10.1 Å². The Morgan fingerprint density at radius 3 is 1.86 bits per heavy atom. The molecule has 37 heavy (non-hydrogen) atoms. The van der Waals surface area contributed by atoms with E-state index in [-0.39, 0.29) is 18.5 Å². The molecule has 1 unspecified atom stereocenters. The van der Waals surface area contributed by atoms with Gasteiger partial charge < -0.3 is 14.2 Å². The van der Waals surface area contributed by atoms with Gasteiger partial charge in [-0.2, -0.15) is 0 Å². The van der Waals surface area contributed by atoms with E-state index in [4.69, 9.17) is 14.2 Å². The summed E-state index contributed by atoms with van der Waals surface area (Å²) in [5, 5.41) is 3.19. The molecule has 3 aromatic rings. The van der Waals surface area contributed by atoms with Crippen molar-refractivity contribution in [2.75, 3.05) is 7.11 Å². The van der Waals surface area contributed by atoms with E-state index in [1.807, 2.05) is 113 Å². The molecule has 0 aliphatic carbocycles. The predicted molar refractivity (Wildman–Crippen MR) is 146 cm³/mol. The van der Waals surface area contributed by atoms with Crippen molar-refractivity contribution in [3.05, 3.63) is 96.1 Å². The normalized spacial score (nSPS) is 12.1. The van der Waals surface area contributed by atoms with Gasteiger partial charge in [0, 0.05) is 0 Å². The van der Waals surface area contributed by atoms with Crippen LogP contribution in [0.5, 0.6) is 11.5 Å². The highest BCUT2D eigenvalue weighted by atomic mass is 16.5. The fourth-order valence-corrected chi connectivity index (χ4v) is 3.68. The summed E-state index contributed by atoms with van der Waals surface area (Å²) in [5.41, 5.74) is 1.82. The molecule has 0 spiro atoms. The molecule has 0 aliphatic heterocycles. The Morgan fingerprint density at radius 2 is 1.30 bits per heavy atom. The van der Waals surface area contributed by atoms with Gasteiger partial charge in [-0.25, -0.2) is 0 Å². The summed E-state index contributed by atoms with van der Waals surface area (Å²) in [6.45, 7) is 8.23. The van der Waals surface area contributed by atoms with Gasteiger partial charge in [0.2, 0.25) is 0 Å². The third-order valence-electron chi connectivity index (χ3n) is 5.45. The van der Waals surface area contributed by atoms with Crippen LogP contribution in [-0.2, 0) is 32.1 Å². The maximum atomic E-state index is 12.9. The second kappa shape index (κ2) is 16.2. The Morgan fingerprint density at radius 1 is 0.730 bits per heavy atom. The summed E-state index contributed by atoms with van der Waals surface area (Å²) in [5.74, 6) is 0.858. The van der Waals surface area contributed by atoms with E-state index in [2.05, 4.69) is 5.32 Å². The van der Waals surface area contributed by atoms with E-state index >= 15 is 0 Å². The molecule has 3 aromatic carbocycles. The third-order valence-corrected chi connectivity index (χ3v) is 5.45. The molecule has 3 rings (SSSR count). The highest BCUT2D eigenvalue weighted by molar-refractivity contribution is 5.80. The molecular formula is C31H39NO5. The molecule has 0 amide bonds. The number of hydrogen-bond acceptors (Lipinski definition) is 6. The van der Waals surface area contributed by atoms with Crippen molar-refractivity contribution in [1.82, 2.24) is 5.32 Å². The summed E-state index contributed by atoms with van der Waals surface area (Å²) in [4.78, 5) is 25.5. The molecule has 0 saturated heterocycles. The standard InChI is InChI=1S/C29H33NO5.C2H6/c1-21(2)18-26(29(32)34-20-23-10-6-4-7-11-23)30-27(28(31)33-3)19-22-14-16-25(17-15-22)35-24-12-8-5-9-13-24;1-2/h4-17,21,26-27,30H,18-20H2,1-3H3;1-2H3/t26?,27-;/m0./s1. The van der Waals surface area contributed by atoms with Gasteiger partial charge in [0.1, 0.15) is 30.2 Å². The van der Waals surface area contributed by atoms with Crippen molar-refractivity contribution in [1.29, 1.82) is 0 Å². The molecule has 0 aliphatic rings. The summed E-state index contributed by atoms with van der Waals surface area (Å²) in [6, 6.07) is 25.2. The van der Waals surface area contributed by atoms with Gasteiger partial charge in [-0.05, 0) is 54.2 Å². The van der Waals surface area contributed by atoms with Crippen molar-refractivity contribution in [2.24, 2.45) is 5.92 Å². The van der Waals surface area contributed by atoms with Crippen molar-refractivity contribution in [2.45, 2.75) is 59.2 Å². The minimum absolute atomic E-state index is 0.182. The quantitative estimate of drug-likeness (QED) is 0.290. The molecule has 0 bridgehead atoms. The van der Waals surface area contributed by atoms with Gasteiger partial charge in [-0.3, -0.25) is 14.9 Å². The Bertz CT molecular complexity index is 1050. The fourth-order valence-electron chi connectivity index (χ4n) is 3.68. The maximum Gasteiger partial charge on any atom is 0.323 e. The minimum atomic E-state index is -0.700. The lowest BCUT2D eigenvalue weighted by Crippen LogP contribution is -2.49. The minimum Gasteiger partial charge on any atom is -0.468 e. The van der Waals surface area contributed by atoms with Gasteiger partial charge in [0.15, 0.2) is 0 Å². The Kier molecular flexibility index (Phi) is 12.9. The second-order valence-corrected chi connectivity index (χ2v) is 8.78. The number of para-hydroxylation sites is 1. The van der Waals surface area contributed by atoms with Crippen LogP contribution in [0, 0.1) is 5.92 Å². The fraction of sp³-hybridized carbons (Fsp3) is 0.355. The molecule has 0 radical (unpaired) electrons. The van der Waals surface area contributed by atoms with E-state index in [9.17, 15) is 9.59 Å². The first-order chi connectivity index (χ1) is 17.9. The van der Waals surface area contributed by atoms with E-state index in [0.717, 1.165) is 16.9 Å². The van der Waals surface area contributed by atoms with Crippen LogP contribution in [0.2, 0.25) is 0 Å². The topological polar surface area (TPSA) is 73.9 Å². The Labute approximate surface area is 221 Å². The third kappa shape index (κ3) is 10.5. The molecule has 198 valence electrons. The lowest BCUT2D eigenvalue weighted by molar-refractivity contribution is -0.149. The van der Waals surface area contributed by atoms with E-state index in [1.54, 1.807) is 0 Å². The first kappa shape index (κ1) is 29.6. The van der Waals surface area contributed by atoms with Gasteiger partial charge in [-0.1, -0.05) is 88.4 Å². The van der Waals surface area contributed by atoms with Gasteiger partial charge in [0.05, 0.1) is 7.11 Å². The van der Waals surface area contributed by atoms with Gasteiger partial charge >= 0.3 is 11.9 Å². The molecule has 0 heterocycles. The monoisotopic (exact) mass is 505 g/mol. The SMILES string of the molecule is CC.COC(=O)[C@H](Cc1ccc(Oc2ccccc2)cc1)NC(CC(C)C)C(=O)OCc1ccccc1. The molecule has 2 atom stereocenters. The number of esters is 2. The van der Waals surface area contributed by atoms with Crippen LogP contribution in [0.3, 0.4) is 0 Å². The first-order valence-electron chi connectivity index (χ1n) is 12.8. The number of benzene rings is 3. The zero-order valence-electron chi connectivity index (χ0n) is 22.5. The largest absolute Gasteiger partial charge is 0.468 e.